The lowest BCUT2D eigenvalue weighted by molar-refractivity contribution is 0.601. The second kappa shape index (κ2) is 6.52. The lowest BCUT2D eigenvalue weighted by Crippen LogP contribution is -2.37. The molecule has 0 aliphatic carbocycles. The van der Waals surface area contributed by atoms with E-state index in [2.05, 4.69) is 14.7 Å². The third-order valence-electron chi connectivity index (χ3n) is 4.63. The maximum Gasteiger partial charge on any atom is 0.332 e. The van der Waals surface area contributed by atoms with Crippen molar-refractivity contribution in [3.05, 3.63) is 68.9 Å². The second-order valence-electron chi connectivity index (χ2n) is 6.72. The fraction of sp³-hybridized carbons (Fsp3) is 0.158. The Bertz CT molecular complexity index is 1500. The Hall–Kier alpha value is -3.53. The van der Waals surface area contributed by atoms with Crippen LogP contribution in [0.4, 0.5) is 5.69 Å². The standard InChI is InChI=1S/C19H17N5O4S/c1-11-4-7-13(8-5-11)29(27,28)22-12-6-9-14-15(10-12)21-17-16(20-14)18(25)24(3)19(26)23(17)2/h4-10,22H,1-3H3. The molecule has 2 aromatic heterocycles. The highest BCUT2D eigenvalue weighted by molar-refractivity contribution is 7.92. The number of hydrogen-bond donors (Lipinski definition) is 1. The first-order valence-corrected chi connectivity index (χ1v) is 10.1. The predicted molar refractivity (Wildman–Crippen MR) is 110 cm³/mol. The van der Waals surface area contributed by atoms with Crippen molar-refractivity contribution in [1.29, 1.82) is 0 Å². The third-order valence-corrected chi connectivity index (χ3v) is 6.03. The molecule has 2 aromatic carbocycles. The van der Waals surface area contributed by atoms with Gasteiger partial charge in [0.05, 0.1) is 21.6 Å². The first kappa shape index (κ1) is 18.8. The predicted octanol–water partition coefficient (Wildman–Crippen LogP) is 1.29. The van der Waals surface area contributed by atoms with Crippen LogP contribution in [-0.4, -0.2) is 27.5 Å². The van der Waals surface area contributed by atoms with Gasteiger partial charge < -0.3 is 0 Å². The average molecular weight is 411 g/mol. The summed E-state index contributed by atoms with van der Waals surface area (Å²) in [6.07, 6.45) is 0. The van der Waals surface area contributed by atoms with Gasteiger partial charge in [-0.1, -0.05) is 17.7 Å². The molecule has 0 amide bonds. The maximum absolute atomic E-state index is 12.6. The summed E-state index contributed by atoms with van der Waals surface area (Å²) in [5.41, 5.74) is 1.14. The van der Waals surface area contributed by atoms with Crippen LogP contribution in [-0.2, 0) is 24.1 Å². The first-order chi connectivity index (χ1) is 13.7. The van der Waals surface area contributed by atoms with Crippen LogP contribution in [0.2, 0.25) is 0 Å². The Kier molecular flexibility index (Phi) is 4.23. The molecule has 10 heteroatoms. The molecule has 4 rings (SSSR count). The van der Waals surface area contributed by atoms with Crippen LogP contribution in [0.15, 0.2) is 56.9 Å². The smallest absolute Gasteiger partial charge is 0.280 e. The van der Waals surface area contributed by atoms with Crippen molar-refractivity contribution < 1.29 is 8.42 Å². The summed E-state index contributed by atoms with van der Waals surface area (Å²) >= 11 is 0. The second-order valence-corrected chi connectivity index (χ2v) is 8.41. The van der Waals surface area contributed by atoms with Gasteiger partial charge in [0, 0.05) is 14.1 Å². The van der Waals surface area contributed by atoms with Gasteiger partial charge >= 0.3 is 5.69 Å². The molecule has 9 nitrogen and oxygen atoms in total. The number of fused-ring (bicyclic) bond motifs is 2. The number of aryl methyl sites for hydroxylation is 2. The third kappa shape index (κ3) is 3.17. The van der Waals surface area contributed by atoms with Crippen molar-refractivity contribution in [1.82, 2.24) is 19.1 Å². The van der Waals surface area contributed by atoms with Gasteiger partial charge in [0.2, 0.25) is 0 Å². The zero-order valence-corrected chi connectivity index (χ0v) is 16.7. The fourth-order valence-electron chi connectivity index (χ4n) is 2.98. The number of rotatable bonds is 3. The number of nitrogens with one attached hydrogen (secondary N) is 1. The molecule has 0 spiro atoms. The molecule has 0 bridgehead atoms. The Morgan fingerprint density at radius 1 is 0.897 bits per heavy atom. The van der Waals surface area contributed by atoms with Crippen LogP contribution in [0.1, 0.15) is 5.56 Å². The van der Waals surface area contributed by atoms with Crippen molar-refractivity contribution in [3.8, 4) is 0 Å². The molecular formula is C19H17N5O4S. The highest BCUT2D eigenvalue weighted by Gasteiger charge is 2.16. The van der Waals surface area contributed by atoms with Crippen molar-refractivity contribution >= 4 is 37.9 Å². The van der Waals surface area contributed by atoms with Crippen molar-refractivity contribution in [2.75, 3.05) is 4.72 Å². The summed E-state index contributed by atoms with van der Waals surface area (Å²) in [4.78, 5) is 33.3. The highest BCUT2D eigenvalue weighted by Crippen LogP contribution is 2.21. The number of anilines is 1. The minimum absolute atomic E-state index is 0.0649. The molecule has 0 radical (unpaired) electrons. The quantitative estimate of drug-likeness (QED) is 0.508. The van der Waals surface area contributed by atoms with E-state index in [1.54, 1.807) is 24.3 Å². The van der Waals surface area contributed by atoms with Gasteiger partial charge in [0.25, 0.3) is 15.6 Å². The van der Waals surface area contributed by atoms with Gasteiger partial charge in [-0.2, -0.15) is 0 Å². The van der Waals surface area contributed by atoms with Crippen molar-refractivity contribution in [2.24, 2.45) is 14.1 Å². The normalized spacial score (nSPS) is 11.8. The molecule has 0 atom stereocenters. The number of aromatic nitrogens is 4. The summed E-state index contributed by atoms with van der Waals surface area (Å²) in [5.74, 6) is 0. The topological polar surface area (TPSA) is 116 Å². The molecule has 0 saturated carbocycles. The van der Waals surface area contributed by atoms with Crippen LogP contribution < -0.4 is 16.0 Å². The van der Waals surface area contributed by atoms with E-state index in [4.69, 9.17) is 0 Å². The minimum Gasteiger partial charge on any atom is -0.280 e. The summed E-state index contributed by atoms with van der Waals surface area (Å²) in [7, 11) is -0.907. The van der Waals surface area contributed by atoms with Gasteiger partial charge in [-0.3, -0.25) is 18.7 Å². The van der Waals surface area contributed by atoms with Crippen LogP contribution in [0, 0.1) is 6.92 Å². The van der Waals surface area contributed by atoms with Gasteiger partial charge in [-0.05, 0) is 37.3 Å². The maximum atomic E-state index is 12.6. The van der Waals surface area contributed by atoms with E-state index in [0.29, 0.717) is 16.7 Å². The van der Waals surface area contributed by atoms with E-state index in [-0.39, 0.29) is 16.1 Å². The molecule has 29 heavy (non-hydrogen) atoms. The van der Waals surface area contributed by atoms with E-state index >= 15 is 0 Å². The van der Waals surface area contributed by atoms with Crippen molar-refractivity contribution in [3.63, 3.8) is 0 Å². The van der Waals surface area contributed by atoms with Gasteiger partial charge in [-0.15, -0.1) is 0 Å². The molecular weight excluding hydrogens is 394 g/mol. The molecule has 0 aliphatic rings. The fourth-order valence-corrected chi connectivity index (χ4v) is 4.03. The molecule has 0 unspecified atom stereocenters. The van der Waals surface area contributed by atoms with Crippen LogP contribution >= 0.6 is 0 Å². The SMILES string of the molecule is Cc1ccc(S(=O)(=O)Nc2ccc3nc4c(=O)n(C)c(=O)n(C)c4nc3c2)cc1. The first-order valence-electron chi connectivity index (χ1n) is 8.64. The zero-order valence-electron chi connectivity index (χ0n) is 15.9. The highest BCUT2D eigenvalue weighted by atomic mass is 32.2. The van der Waals surface area contributed by atoms with E-state index in [1.807, 2.05) is 6.92 Å². The largest absolute Gasteiger partial charge is 0.332 e. The number of hydrogen-bond acceptors (Lipinski definition) is 6. The Morgan fingerprint density at radius 3 is 2.28 bits per heavy atom. The van der Waals surface area contributed by atoms with Crippen LogP contribution in [0.5, 0.6) is 0 Å². The molecule has 4 aromatic rings. The average Bonchev–Trinajstić information content (AvgIpc) is 2.69. The van der Waals surface area contributed by atoms with Crippen molar-refractivity contribution in [2.45, 2.75) is 11.8 Å². The summed E-state index contributed by atoms with van der Waals surface area (Å²) in [6.45, 7) is 1.87. The van der Waals surface area contributed by atoms with Gasteiger partial charge in [0.15, 0.2) is 11.2 Å². The van der Waals surface area contributed by atoms with Crippen LogP contribution in [0.25, 0.3) is 22.2 Å². The summed E-state index contributed by atoms with van der Waals surface area (Å²) < 4.78 is 29.9. The monoisotopic (exact) mass is 411 g/mol. The number of nitrogens with zero attached hydrogens (tertiary/aromatic N) is 4. The Balaban J connectivity index is 1.84. The molecule has 2 heterocycles. The summed E-state index contributed by atoms with van der Waals surface area (Å²) in [5, 5.41) is 0. The lowest BCUT2D eigenvalue weighted by atomic mass is 10.2. The van der Waals surface area contributed by atoms with Crippen LogP contribution in [0.3, 0.4) is 0 Å². The summed E-state index contributed by atoms with van der Waals surface area (Å²) in [6, 6.07) is 11.1. The molecule has 0 fully saturated rings. The Morgan fingerprint density at radius 2 is 1.59 bits per heavy atom. The number of benzene rings is 2. The van der Waals surface area contributed by atoms with E-state index < -0.39 is 21.3 Å². The molecule has 1 N–H and O–H groups in total. The van der Waals surface area contributed by atoms with Gasteiger partial charge in [-0.25, -0.2) is 23.2 Å². The zero-order chi connectivity index (χ0) is 20.9. The van der Waals surface area contributed by atoms with E-state index in [1.165, 1.54) is 36.9 Å². The minimum atomic E-state index is -3.78. The molecule has 0 saturated heterocycles. The number of sulfonamides is 1. The van der Waals surface area contributed by atoms with E-state index in [0.717, 1.165) is 10.1 Å². The van der Waals surface area contributed by atoms with Gasteiger partial charge in [0.1, 0.15) is 0 Å². The lowest BCUT2D eigenvalue weighted by Gasteiger charge is -2.10. The molecule has 0 aliphatic heterocycles. The van der Waals surface area contributed by atoms with E-state index in [9.17, 15) is 18.0 Å². The Labute approximate surface area is 165 Å². The molecule has 148 valence electrons.